The number of aromatic nitrogens is 3. The van der Waals surface area contributed by atoms with Gasteiger partial charge in [0.25, 0.3) is 0 Å². The molecule has 0 saturated carbocycles. The van der Waals surface area contributed by atoms with Crippen LogP contribution in [0.3, 0.4) is 0 Å². The molecule has 0 spiro atoms. The topological polar surface area (TPSA) is 112 Å². The molecule has 3 atom stereocenters. The van der Waals surface area contributed by atoms with E-state index in [1.807, 2.05) is 6.92 Å². The molecule has 9 heteroatoms. The zero-order chi connectivity index (χ0) is 19.6. The van der Waals surface area contributed by atoms with Gasteiger partial charge in [0.15, 0.2) is 5.60 Å². The van der Waals surface area contributed by atoms with Crippen molar-refractivity contribution in [3.8, 4) is 12.3 Å². The number of hydrogen-bond acceptors (Lipinski definition) is 7. The number of carbonyl (C=O) groups is 1. The number of terminal acetylenes is 1. The number of esters is 1. The van der Waals surface area contributed by atoms with E-state index in [-0.39, 0.29) is 30.1 Å². The van der Waals surface area contributed by atoms with E-state index >= 15 is 0 Å². The van der Waals surface area contributed by atoms with Gasteiger partial charge in [0.1, 0.15) is 30.4 Å². The first-order chi connectivity index (χ1) is 12.9. The van der Waals surface area contributed by atoms with Crippen molar-refractivity contribution in [2.45, 2.75) is 50.5 Å². The summed E-state index contributed by atoms with van der Waals surface area (Å²) in [6.45, 7) is 1.76. The predicted octanol–water partition coefficient (Wildman–Crippen LogP) is 2.05. The number of ether oxygens (including phenoxy) is 2. The SMILES string of the molecule is C#C[C@]1(COC(=O)CCCC)O[C@@H](n2ccc3c(N)nc(Cl)nc32)CC1O. The highest BCUT2D eigenvalue weighted by Gasteiger charge is 2.49. The number of unbranched alkanes of at least 4 members (excludes halogenated alkanes) is 1. The standard InChI is InChI=1S/C18H21ClN4O4/c1-3-5-6-14(25)26-10-18(4-2)12(24)9-13(27-18)23-8-7-11-15(20)21-17(19)22-16(11)23/h2,7-8,12-13,24H,3,5-6,9-10H2,1H3,(H2,20,21,22)/t12?,13-,18-/m1/s1. The summed E-state index contributed by atoms with van der Waals surface area (Å²) in [6, 6.07) is 1.73. The Morgan fingerprint density at radius 2 is 2.41 bits per heavy atom. The number of anilines is 1. The molecule has 3 heterocycles. The van der Waals surface area contributed by atoms with Crippen LogP contribution in [-0.4, -0.2) is 43.9 Å². The van der Waals surface area contributed by atoms with Crippen LogP contribution in [0.1, 0.15) is 38.8 Å². The van der Waals surface area contributed by atoms with Gasteiger partial charge in [-0.05, 0) is 24.1 Å². The number of rotatable bonds is 6. The highest BCUT2D eigenvalue weighted by atomic mass is 35.5. The zero-order valence-electron chi connectivity index (χ0n) is 14.9. The van der Waals surface area contributed by atoms with Gasteiger partial charge in [-0.25, -0.2) is 4.98 Å². The monoisotopic (exact) mass is 392 g/mol. The van der Waals surface area contributed by atoms with E-state index in [1.165, 1.54) is 0 Å². The Balaban J connectivity index is 1.81. The average molecular weight is 393 g/mol. The van der Waals surface area contributed by atoms with E-state index in [4.69, 9.17) is 33.2 Å². The minimum Gasteiger partial charge on any atom is -0.461 e. The van der Waals surface area contributed by atoms with Gasteiger partial charge < -0.3 is 24.9 Å². The van der Waals surface area contributed by atoms with E-state index in [9.17, 15) is 9.90 Å². The lowest BCUT2D eigenvalue weighted by molar-refractivity contribution is -0.156. The first-order valence-electron chi connectivity index (χ1n) is 8.69. The Morgan fingerprint density at radius 1 is 1.63 bits per heavy atom. The molecular formula is C18H21ClN4O4. The molecular weight excluding hydrogens is 372 g/mol. The van der Waals surface area contributed by atoms with Gasteiger partial charge in [0.2, 0.25) is 5.28 Å². The van der Waals surface area contributed by atoms with E-state index in [0.29, 0.717) is 17.5 Å². The van der Waals surface area contributed by atoms with Crippen molar-refractivity contribution in [2.75, 3.05) is 12.3 Å². The van der Waals surface area contributed by atoms with Gasteiger partial charge in [-0.3, -0.25) is 4.79 Å². The summed E-state index contributed by atoms with van der Waals surface area (Å²) < 4.78 is 12.9. The second-order valence-electron chi connectivity index (χ2n) is 6.46. The van der Waals surface area contributed by atoms with Gasteiger partial charge in [0.05, 0.1) is 5.39 Å². The van der Waals surface area contributed by atoms with Gasteiger partial charge in [-0.1, -0.05) is 19.3 Å². The summed E-state index contributed by atoms with van der Waals surface area (Å²) in [6.07, 6.45) is 7.80. The highest BCUT2D eigenvalue weighted by Crippen LogP contribution is 2.39. The van der Waals surface area contributed by atoms with Crippen LogP contribution in [0.15, 0.2) is 12.3 Å². The van der Waals surface area contributed by atoms with Crippen LogP contribution >= 0.6 is 11.6 Å². The minimum atomic E-state index is -1.43. The third-order valence-electron chi connectivity index (χ3n) is 4.62. The summed E-state index contributed by atoms with van der Waals surface area (Å²) in [5, 5.41) is 11.1. The molecule has 0 aliphatic carbocycles. The summed E-state index contributed by atoms with van der Waals surface area (Å²) in [7, 11) is 0. The highest BCUT2D eigenvalue weighted by molar-refractivity contribution is 6.28. The number of aliphatic hydroxyl groups is 1. The Bertz CT molecular complexity index is 893. The Morgan fingerprint density at radius 3 is 3.11 bits per heavy atom. The lowest BCUT2D eigenvalue weighted by atomic mass is 9.99. The molecule has 0 bridgehead atoms. The van der Waals surface area contributed by atoms with Crippen LogP contribution < -0.4 is 5.73 Å². The lowest BCUT2D eigenvalue weighted by Crippen LogP contribution is -2.43. The number of carbonyl (C=O) groups excluding carboxylic acids is 1. The molecule has 1 aliphatic rings. The van der Waals surface area contributed by atoms with Crippen LogP contribution in [-0.2, 0) is 14.3 Å². The average Bonchev–Trinajstić information content (AvgIpc) is 3.19. The number of nitrogens with two attached hydrogens (primary N) is 1. The van der Waals surface area contributed by atoms with Gasteiger partial charge in [0, 0.05) is 19.0 Å². The Hall–Kier alpha value is -2.34. The second-order valence-corrected chi connectivity index (χ2v) is 6.80. The summed E-state index contributed by atoms with van der Waals surface area (Å²) in [5.41, 5.74) is 4.91. The van der Waals surface area contributed by atoms with Crippen molar-refractivity contribution < 1.29 is 19.4 Å². The maximum Gasteiger partial charge on any atom is 0.305 e. The second kappa shape index (κ2) is 7.72. The predicted molar refractivity (Wildman–Crippen MR) is 99.7 cm³/mol. The fourth-order valence-corrected chi connectivity index (χ4v) is 3.24. The molecule has 27 heavy (non-hydrogen) atoms. The van der Waals surface area contributed by atoms with Crippen molar-refractivity contribution in [1.82, 2.24) is 14.5 Å². The molecule has 0 amide bonds. The van der Waals surface area contributed by atoms with E-state index in [1.54, 1.807) is 16.8 Å². The first kappa shape index (κ1) is 19.4. The van der Waals surface area contributed by atoms with Crippen LogP contribution in [0.25, 0.3) is 11.0 Å². The minimum absolute atomic E-state index is 0.00608. The number of fused-ring (bicyclic) bond motifs is 1. The smallest absolute Gasteiger partial charge is 0.305 e. The number of hydrogen-bond donors (Lipinski definition) is 2. The molecule has 1 unspecified atom stereocenters. The van der Waals surface area contributed by atoms with Crippen molar-refractivity contribution in [3.05, 3.63) is 17.5 Å². The lowest BCUT2D eigenvalue weighted by Gasteiger charge is -2.26. The number of nitrogens with zero attached hydrogens (tertiary/aromatic N) is 3. The van der Waals surface area contributed by atoms with Gasteiger partial charge in [-0.15, -0.1) is 6.42 Å². The van der Waals surface area contributed by atoms with E-state index < -0.39 is 17.9 Å². The normalized spacial score (nSPS) is 24.8. The molecule has 3 rings (SSSR count). The molecule has 1 aliphatic heterocycles. The van der Waals surface area contributed by atoms with Crippen LogP contribution in [0, 0.1) is 12.3 Å². The molecule has 0 radical (unpaired) electrons. The maximum absolute atomic E-state index is 11.8. The van der Waals surface area contributed by atoms with Crippen molar-refractivity contribution in [1.29, 1.82) is 0 Å². The fourth-order valence-electron chi connectivity index (χ4n) is 3.07. The zero-order valence-corrected chi connectivity index (χ0v) is 15.6. The molecule has 2 aromatic rings. The molecule has 1 fully saturated rings. The van der Waals surface area contributed by atoms with Crippen LogP contribution in [0.2, 0.25) is 5.28 Å². The van der Waals surface area contributed by atoms with Crippen molar-refractivity contribution >= 4 is 34.4 Å². The van der Waals surface area contributed by atoms with Gasteiger partial charge in [-0.2, -0.15) is 4.98 Å². The van der Waals surface area contributed by atoms with Crippen LogP contribution in [0.5, 0.6) is 0 Å². The molecule has 3 N–H and O–H groups in total. The third-order valence-corrected chi connectivity index (χ3v) is 4.79. The maximum atomic E-state index is 11.8. The first-order valence-corrected chi connectivity index (χ1v) is 9.07. The van der Waals surface area contributed by atoms with E-state index in [0.717, 1.165) is 12.8 Å². The van der Waals surface area contributed by atoms with E-state index in [2.05, 4.69) is 15.9 Å². The summed E-state index contributed by atoms with van der Waals surface area (Å²) in [5.74, 6) is 2.33. The van der Waals surface area contributed by atoms with Crippen molar-refractivity contribution in [3.63, 3.8) is 0 Å². The van der Waals surface area contributed by atoms with Crippen molar-refractivity contribution in [2.24, 2.45) is 0 Å². The third kappa shape index (κ3) is 3.72. The number of halogens is 1. The molecule has 2 aromatic heterocycles. The molecule has 0 aromatic carbocycles. The number of nitrogen functional groups attached to an aromatic ring is 1. The summed E-state index contributed by atoms with van der Waals surface area (Å²) in [4.78, 5) is 19.9. The van der Waals surface area contributed by atoms with Gasteiger partial charge >= 0.3 is 5.97 Å². The molecule has 144 valence electrons. The largest absolute Gasteiger partial charge is 0.461 e. The molecule has 1 saturated heterocycles. The number of aliphatic hydroxyl groups excluding tert-OH is 1. The summed E-state index contributed by atoms with van der Waals surface area (Å²) >= 11 is 5.90. The Labute approximate surface area is 161 Å². The van der Waals surface area contributed by atoms with Crippen LogP contribution in [0.4, 0.5) is 5.82 Å². The fraction of sp³-hybridized carbons (Fsp3) is 0.500. The molecule has 8 nitrogen and oxygen atoms in total. The Kier molecular flexibility index (Phi) is 5.56. The quantitative estimate of drug-likeness (QED) is 0.439.